The van der Waals surface area contributed by atoms with Crippen molar-refractivity contribution < 1.29 is 9.21 Å². The minimum atomic E-state index is -0.602. The van der Waals surface area contributed by atoms with Crippen molar-refractivity contribution in [3.05, 3.63) is 126 Å². The summed E-state index contributed by atoms with van der Waals surface area (Å²) in [5, 5.41) is 9.87. The SMILES string of the molecule is O=C(Nc1nc2ccccc2o1)C1C(c2ccccc2)=NN(c2ccccc2)C1c1ccccc1. The summed E-state index contributed by atoms with van der Waals surface area (Å²) in [6.45, 7) is 0. The molecule has 0 bridgehead atoms. The number of aromatic nitrogens is 1. The smallest absolute Gasteiger partial charge is 0.302 e. The van der Waals surface area contributed by atoms with Crippen molar-refractivity contribution in [1.82, 2.24) is 4.98 Å². The van der Waals surface area contributed by atoms with E-state index in [9.17, 15) is 4.79 Å². The second-order valence-electron chi connectivity index (χ2n) is 8.34. The zero-order valence-electron chi connectivity index (χ0n) is 18.8. The van der Waals surface area contributed by atoms with Gasteiger partial charge in [0.2, 0.25) is 5.91 Å². The number of benzene rings is 4. The van der Waals surface area contributed by atoms with Crippen LogP contribution in [0.1, 0.15) is 17.2 Å². The topological polar surface area (TPSA) is 70.7 Å². The molecule has 0 saturated carbocycles. The van der Waals surface area contributed by atoms with Gasteiger partial charge in [0.1, 0.15) is 11.4 Å². The summed E-state index contributed by atoms with van der Waals surface area (Å²) in [6.07, 6.45) is 0. The molecule has 0 fully saturated rings. The van der Waals surface area contributed by atoms with Gasteiger partial charge < -0.3 is 4.42 Å². The maximum Gasteiger partial charge on any atom is 0.302 e. The van der Waals surface area contributed by atoms with E-state index in [1.165, 1.54) is 0 Å². The molecule has 1 N–H and O–H groups in total. The van der Waals surface area contributed by atoms with Crippen LogP contribution in [0.4, 0.5) is 11.7 Å². The first-order valence-electron chi connectivity index (χ1n) is 11.5. The number of amides is 1. The number of hydrogen-bond donors (Lipinski definition) is 1. The van der Waals surface area contributed by atoms with E-state index in [1.54, 1.807) is 0 Å². The average Bonchev–Trinajstić information content (AvgIpc) is 3.52. The first kappa shape index (κ1) is 20.9. The van der Waals surface area contributed by atoms with Crippen molar-refractivity contribution >= 4 is 34.4 Å². The lowest BCUT2D eigenvalue weighted by atomic mass is 9.86. The Hall–Kier alpha value is -4.71. The zero-order chi connectivity index (χ0) is 23.6. The number of nitrogens with one attached hydrogen (secondary N) is 1. The molecule has 1 aliphatic rings. The fourth-order valence-electron chi connectivity index (χ4n) is 4.54. The van der Waals surface area contributed by atoms with E-state index in [2.05, 4.69) is 10.3 Å². The molecule has 6 rings (SSSR count). The molecule has 2 heterocycles. The zero-order valence-corrected chi connectivity index (χ0v) is 18.8. The molecular formula is C29H22N4O2. The highest BCUT2D eigenvalue weighted by atomic mass is 16.4. The van der Waals surface area contributed by atoms with Crippen molar-refractivity contribution in [3.63, 3.8) is 0 Å². The molecule has 2 unspecified atom stereocenters. The largest absolute Gasteiger partial charge is 0.423 e. The predicted molar refractivity (Wildman–Crippen MR) is 137 cm³/mol. The number of rotatable bonds is 5. The predicted octanol–water partition coefficient (Wildman–Crippen LogP) is 6.05. The van der Waals surface area contributed by atoms with E-state index >= 15 is 0 Å². The summed E-state index contributed by atoms with van der Waals surface area (Å²) in [5.74, 6) is -0.832. The lowest BCUT2D eigenvalue weighted by molar-refractivity contribution is -0.118. The van der Waals surface area contributed by atoms with Crippen LogP contribution < -0.4 is 10.3 Å². The van der Waals surface area contributed by atoms with Gasteiger partial charge in [-0.05, 0) is 35.4 Å². The molecule has 35 heavy (non-hydrogen) atoms. The first-order valence-corrected chi connectivity index (χ1v) is 11.5. The molecule has 6 heteroatoms. The van der Waals surface area contributed by atoms with E-state index in [0.717, 1.165) is 16.8 Å². The maximum absolute atomic E-state index is 13.9. The van der Waals surface area contributed by atoms with E-state index in [-0.39, 0.29) is 18.0 Å². The van der Waals surface area contributed by atoms with Gasteiger partial charge in [0.25, 0.3) is 0 Å². The maximum atomic E-state index is 13.9. The van der Waals surface area contributed by atoms with E-state index in [4.69, 9.17) is 9.52 Å². The molecule has 1 aromatic heterocycles. The summed E-state index contributed by atoms with van der Waals surface area (Å²) in [7, 11) is 0. The average molecular weight is 459 g/mol. The van der Waals surface area contributed by atoms with Crippen LogP contribution in [0.25, 0.3) is 11.1 Å². The van der Waals surface area contributed by atoms with Gasteiger partial charge in [0, 0.05) is 0 Å². The van der Waals surface area contributed by atoms with E-state index in [1.807, 2.05) is 120 Å². The standard InChI is InChI=1S/C29H22N4O2/c34-28(31-29-30-23-18-10-11-19-24(23)35-29)25-26(20-12-4-1-5-13-20)32-33(22-16-8-3-9-17-22)27(25)21-14-6-2-7-15-21/h1-19,25,27H,(H,30,31,34). The van der Waals surface area contributed by atoms with Crippen molar-refractivity contribution in [2.75, 3.05) is 10.3 Å². The Morgan fingerprint density at radius 3 is 2.11 bits per heavy atom. The number of para-hydroxylation sites is 3. The Morgan fingerprint density at radius 1 is 0.771 bits per heavy atom. The Kier molecular flexibility index (Phi) is 5.31. The van der Waals surface area contributed by atoms with Gasteiger partial charge >= 0.3 is 6.01 Å². The van der Waals surface area contributed by atoms with Crippen LogP contribution in [-0.2, 0) is 4.79 Å². The number of anilines is 2. The highest BCUT2D eigenvalue weighted by Crippen LogP contribution is 2.41. The van der Waals surface area contributed by atoms with Gasteiger partial charge in [-0.3, -0.25) is 15.1 Å². The number of fused-ring (bicyclic) bond motifs is 1. The number of hydrazone groups is 1. The van der Waals surface area contributed by atoms with Gasteiger partial charge in [-0.2, -0.15) is 10.1 Å². The summed E-state index contributed by atoms with van der Waals surface area (Å²) in [5.41, 5.74) is 4.80. The molecule has 170 valence electrons. The van der Waals surface area contributed by atoms with Gasteiger partial charge in [-0.15, -0.1) is 0 Å². The molecule has 4 aromatic carbocycles. The molecule has 0 radical (unpaired) electrons. The molecule has 1 amide bonds. The minimum Gasteiger partial charge on any atom is -0.423 e. The number of carbonyl (C=O) groups is 1. The van der Waals surface area contributed by atoms with Crippen molar-refractivity contribution in [2.45, 2.75) is 6.04 Å². The second-order valence-corrected chi connectivity index (χ2v) is 8.34. The Labute approximate surface area is 202 Å². The fourth-order valence-corrected chi connectivity index (χ4v) is 4.54. The third-order valence-corrected chi connectivity index (χ3v) is 6.13. The van der Waals surface area contributed by atoms with Crippen molar-refractivity contribution in [2.24, 2.45) is 11.0 Å². The third kappa shape index (κ3) is 3.95. The first-order chi connectivity index (χ1) is 17.3. The monoisotopic (exact) mass is 458 g/mol. The number of oxazole rings is 1. The molecule has 1 aliphatic heterocycles. The highest BCUT2D eigenvalue weighted by molar-refractivity contribution is 6.18. The Balaban J connectivity index is 1.46. The van der Waals surface area contributed by atoms with Crippen LogP contribution in [0, 0.1) is 5.92 Å². The third-order valence-electron chi connectivity index (χ3n) is 6.13. The van der Waals surface area contributed by atoms with Crippen molar-refractivity contribution in [1.29, 1.82) is 0 Å². The molecule has 2 atom stereocenters. The number of hydrogen-bond acceptors (Lipinski definition) is 5. The lowest BCUT2D eigenvalue weighted by Crippen LogP contribution is -2.35. The molecule has 5 aromatic rings. The molecule has 0 aliphatic carbocycles. The van der Waals surface area contributed by atoms with Crippen LogP contribution in [0.3, 0.4) is 0 Å². The van der Waals surface area contributed by atoms with Crippen LogP contribution in [0.15, 0.2) is 125 Å². The minimum absolute atomic E-state index is 0.175. The Bertz CT molecular complexity index is 1460. The van der Waals surface area contributed by atoms with Crippen LogP contribution in [0.2, 0.25) is 0 Å². The summed E-state index contributed by atoms with van der Waals surface area (Å²) in [6, 6.07) is 37.0. The normalized spacial score (nSPS) is 17.4. The molecule has 0 spiro atoms. The fraction of sp³-hybridized carbons (Fsp3) is 0.0690. The van der Waals surface area contributed by atoms with Gasteiger partial charge in [0.15, 0.2) is 5.58 Å². The quantitative estimate of drug-likeness (QED) is 0.348. The lowest BCUT2D eigenvalue weighted by Gasteiger charge is -2.27. The van der Waals surface area contributed by atoms with Gasteiger partial charge in [0.05, 0.1) is 17.4 Å². The van der Waals surface area contributed by atoms with E-state index < -0.39 is 5.92 Å². The molecule has 6 nitrogen and oxygen atoms in total. The molecular weight excluding hydrogens is 436 g/mol. The number of carbonyl (C=O) groups excluding carboxylic acids is 1. The van der Waals surface area contributed by atoms with E-state index in [0.29, 0.717) is 16.8 Å². The summed E-state index contributed by atoms with van der Waals surface area (Å²) < 4.78 is 5.80. The molecule has 0 saturated heterocycles. The highest BCUT2D eigenvalue weighted by Gasteiger charge is 2.44. The van der Waals surface area contributed by atoms with Crippen molar-refractivity contribution in [3.8, 4) is 0 Å². The summed E-state index contributed by atoms with van der Waals surface area (Å²) >= 11 is 0. The summed E-state index contributed by atoms with van der Waals surface area (Å²) in [4.78, 5) is 18.4. The van der Waals surface area contributed by atoms with Gasteiger partial charge in [-0.1, -0.05) is 91.0 Å². The van der Waals surface area contributed by atoms with Gasteiger partial charge in [-0.25, -0.2) is 0 Å². The second kappa shape index (κ2) is 8.91. The van der Waals surface area contributed by atoms with Crippen LogP contribution in [0.5, 0.6) is 0 Å². The van der Waals surface area contributed by atoms with Crippen LogP contribution >= 0.6 is 0 Å². The Morgan fingerprint density at radius 2 is 1.40 bits per heavy atom. The number of nitrogens with zero attached hydrogens (tertiary/aromatic N) is 3. The van der Waals surface area contributed by atoms with Crippen LogP contribution in [-0.4, -0.2) is 16.6 Å².